The van der Waals surface area contributed by atoms with Crippen LogP contribution in [-0.4, -0.2) is 12.1 Å². The van der Waals surface area contributed by atoms with E-state index in [1.165, 1.54) is 0 Å². The van der Waals surface area contributed by atoms with Gasteiger partial charge in [-0.05, 0) is 31.0 Å². The third kappa shape index (κ3) is 3.75. The van der Waals surface area contributed by atoms with Crippen molar-refractivity contribution < 1.29 is 18.0 Å². The summed E-state index contributed by atoms with van der Waals surface area (Å²) in [6.07, 6.45) is -2.77. The number of carbonyl (C=O) groups is 1. The van der Waals surface area contributed by atoms with E-state index in [9.17, 15) is 18.0 Å². The van der Waals surface area contributed by atoms with Crippen LogP contribution in [0.25, 0.3) is 0 Å². The minimum absolute atomic E-state index is 0.0417. The smallest absolute Gasteiger partial charge is 0.326 e. The summed E-state index contributed by atoms with van der Waals surface area (Å²) < 4.78 is 39.7. The highest BCUT2D eigenvalue weighted by atomic mass is 79.9. The third-order valence-corrected chi connectivity index (χ3v) is 4.11. The summed E-state index contributed by atoms with van der Waals surface area (Å²) >= 11 is 3.26. The molecular formula is C14H15BrF3NO. The predicted octanol–water partition coefficient (Wildman–Crippen LogP) is 4.76. The second kappa shape index (κ2) is 6.16. The van der Waals surface area contributed by atoms with Crippen molar-refractivity contribution in [1.29, 1.82) is 0 Å². The molecule has 2 unspecified atom stereocenters. The second-order valence-electron chi connectivity index (χ2n) is 5.04. The molecule has 0 saturated heterocycles. The van der Waals surface area contributed by atoms with E-state index in [0.29, 0.717) is 24.9 Å². The van der Waals surface area contributed by atoms with Crippen LogP contribution < -0.4 is 5.32 Å². The van der Waals surface area contributed by atoms with Crippen molar-refractivity contribution in [2.24, 2.45) is 11.8 Å². The van der Waals surface area contributed by atoms with Crippen LogP contribution in [-0.2, 0) is 4.79 Å². The third-order valence-electron chi connectivity index (χ3n) is 3.62. The summed E-state index contributed by atoms with van der Waals surface area (Å²) in [6, 6.07) is 6.84. The number of anilines is 1. The molecule has 2 rings (SSSR count). The van der Waals surface area contributed by atoms with Crippen molar-refractivity contribution >= 4 is 27.5 Å². The van der Waals surface area contributed by atoms with Crippen LogP contribution in [0, 0.1) is 11.8 Å². The van der Waals surface area contributed by atoms with Gasteiger partial charge in [0.05, 0.1) is 5.92 Å². The minimum Gasteiger partial charge on any atom is -0.326 e. The number of carbonyl (C=O) groups excluding carboxylic acids is 1. The fourth-order valence-corrected chi connectivity index (χ4v) is 3.04. The second-order valence-corrected chi connectivity index (χ2v) is 5.95. The Morgan fingerprint density at radius 1 is 1.25 bits per heavy atom. The van der Waals surface area contributed by atoms with Gasteiger partial charge in [-0.1, -0.05) is 34.8 Å². The van der Waals surface area contributed by atoms with Crippen LogP contribution in [0.1, 0.15) is 25.7 Å². The quantitative estimate of drug-likeness (QED) is 0.819. The van der Waals surface area contributed by atoms with Crippen molar-refractivity contribution in [2.45, 2.75) is 31.9 Å². The molecule has 1 saturated carbocycles. The molecule has 0 aliphatic heterocycles. The van der Waals surface area contributed by atoms with Gasteiger partial charge in [-0.2, -0.15) is 13.2 Å². The summed E-state index contributed by atoms with van der Waals surface area (Å²) in [5.74, 6) is -3.05. The van der Waals surface area contributed by atoms with Crippen molar-refractivity contribution in [3.05, 3.63) is 28.7 Å². The van der Waals surface area contributed by atoms with Gasteiger partial charge >= 0.3 is 6.18 Å². The van der Waals surface area contributed by atoms with E-state index >= 15 is 0 Å². The molecule has 0 bridgehead atoms. The number of halogens is 4. The summed E-state index contributed by atoms with van der Waals surface area (Å²) in [5.41, 5.74) is 0.510. The van der Waals surface area contributed by atoms with Gasteiger partial charge in [-0.25, -0.2) is 0 Å². The molecule has 1 aliphatic rings. The lowest BCUT2D eigenvalue weighted by Crippen LogP contribution is -2.39. The Morgan fingerprint density at radius 3 is 2.60 bits per heavy atom. The first-order valence-electron chi connectivity index (χ1n) is 6.51. The zero-order chi connectivity index (χ0) is 14.8. The Morgan fingerprint density at radius 2 is 1.95 bits per heavy atom. The first-order chi connectivity index (χ1) is 9.38. The minimum atomic E-state index is -4.31. The van der Waals surface area contributed by atoms with E-state index in [2.05, 4.69) is 21.2 Å². The molecule has 110 valence electrons. The van der Waals surface area contributed by atoms with Crippen LogP contribution in [0.2, 0.25) is 0 Å². The molecule has 0 aromatic heterocycles. The molecule has 0 heterocycles. The first-order valence-corrected chi connectivity index (χ1v) is 7.30. The van der Waals surface area contributed by atoms with Gasteiger partial charge in [0.2, 0.25) is 5.91 Å². The van der Waals surface area contributed by atoms with Gasteiger partial charge in [0.15, 0.2) is 0 Å². The standard InChI is InChI=1S/C14H15BrF3NO/c15-9-4-3-5-10(8-9)19-13(20)11-6-1-2-7-12(11)14(16,17)18/h3-5,8,11-12H,1-2,6-7H2,(H,19,20). The van der Waals surface area contributed by atoms with E-state index < -0.39 is 23.9 Å². The molecule has 20 heavy (non-hydrogen) atoms. The molecule has 1 N–H and O–H groups in total. The number of hydrogen-bond acceptors (Lipinski definition) is 1. The number of nitrogens with one attached hydrogen (secondary N) is 1. The molecule has 2 nitrogen and oxygen atoms in total. The summed E-state index contributed by atoms with van der Waals surface area (Å²) in [4.78, 5) is 12.1. The number of hydrogen-bond donors (Lipinski definition) is 1. The van der Waals surface area contributed by atoms with Gasteiger partial charge < -0.3 is 5.32 Å². The Balaban J connectivity index is 2.10. The Kier molecular flexibility index (Phi) is 4.73. The van der Waals surface area contributed by atoms with Crippen molar-refractivity contribution in [3.63, 3.8) is 0 Å². The van der Waals surface area contributed by atoms with Crippen LogP contribution in [0.4, 0.5) is 18.9 Å². The summed E-state index contributed by atoms with van der Waals surface area (Å²) in [7, 11) is 0. The molecule has 0 spiro atoms. The number of rotatable bonds is 2. The molecule has 1 aliphatic carbocycles. The highest BCUT2D eigenvalue weighted by Crippen LogP contribution is 2.41. The molecule has 1 fully saturated rings. The summed E-state index contributed by atoms with van der Waals surface area (Å²) in [6.45, 7) is 0. The maximum atomic E-state index is 13.0. The fourth-order valence-electron chi connectivity index (χ4n) is 2.64. The normalized spacial score (nSPS) is 23.4. The van der Waals surface area contributed by atoms with Crippen molar-refractivity contribution in [2.75, 3.05) is 5.32 Å². The van der Waals surface area contributed by atoms with Crippen LogP contribution in [0.5, 0.6) is 0 Å². The predicted molar refractivity (Wildman–Crippen MR) is 74.3 cm³/mol. The molecule has 1 amide bonds. The Labute approximate surface area is 123 Å². The van der Waals surface area contributed by atoms with Crippen molar-refractivity contribution in [1.82, 2.24) is 0 Å². The molecule has 1 aromatic carbocycles. The topological polar surface area (TPSA) is 29.1 Å². The maximum Gasteiger partial charge on any atom is 0.392 e. The Bertz CT molecular complexity index is 490. The van der Waals surface area contributed by atoms with Gasteiger partial charge in [0, 0.05) is 16.1 Å². The lowest BCUT2D eigenvalue weighted by atomic mass is 9.78. The number of alkyl halides is 3. The Hall–Kier alpha value is -1.04. The number of benzene rings is 1. The largest absolute Gasteiger partial charge is 0.392 e. The van der Waals surface area contributed by atoms with Gasteiger partial charge in [0.25, 0.3) is 0 Å². The van der Waals surface area contributed by atoms with E-state index in [1.807, 2.05) is 0 Å². The molecule has 6 heteroatoms. The van der Waals surface area contributed by atoms with Gasteiger partial charge in [0.1, 0.15) is 0 Å². The summed E-state index contributed by atoms with van der Waals surface area (Å²) in [5, 5.41) is 2.59. The zero-order valence-corrected chi connectivity index (χ0v) is 12.3. The SMILES string of the molecule is O=C(Nc1cccc(Br)c1)C1CCCCC1C(F)(F)F. The van der Waals surface area contributed by atoms with E-state index in [4.69, 9.17) is 0 Å². The van der Waals surface area contributed by atoms with E-state index in [-0.39, 0.29) is 6.42 Å². The average Bonchev–Trinajstić information content (AvgIpc) is 2.37. The monoisotopic (exact) mass is 349 g/mol. The lowest BCUT2D eigenvalue weighted by molar-refractivity contribution is -0.197. The van der Waals surface area contributed by atoms with E-state index in [0.717, 1.165) is 4.47 Å². The maximum absolute atomic E-state index is 13.0. The van der Waals surface area contributed by atoms with Crippen LogP contribution in [0.15, 0.2) is 28.7 Å². The number of amides is 1. The average molecular weight is 350 g/mol. The van der Waals surface area contributed by atoms with Crippen molar-refractivity contribution in [3.8, 4) is 0 Å². The van der Waals surface area contributed by atoms with Gasteiger partial charge in [-0.15, -0.1) is 0 Å². The fraction of sp³-hybridized carbons (Fsp3) is 0.500. The molecule has 1 aromatic rings. The highest BCUT2D eigenvalue weighted by molar-refractivity contribution is 9.10. The molecular weight excluding hydrogens is 335 g/mol. The van der Waals surface area contributed by atoms with Gasteiger partial charge in [-0.3, -0.25) is 4.79 Å². The first kappa shape index (κ1) is 15.4. The van der Waals surface area contributed by atoms with E-state index in [1.54, 1.807) is 24.3 Å². The lowest BCUT2D eigenvalue weighted by Gasteiger charge is -2.32. The van der Waals surface area contributed by atoms with Crippen LogP contribution in [0.3, 0.4) is 0 Å². The molecule has 0 radical (unpaired) electrons. The zero-order valence-electron chi connectivity index (χ0n) is 10.7. The molecule has 2 atom stereocenters. The van der Waals surface area contributed by atoms with Crippen LogP contribution >= 0.6 is 15.9 Å². The highest BCUT2D eigenvalue weighted by Gasteiger charge is 2.47.